The third-order valence-electron chi connectivity index (χ3n) is 2.90. The second-order valence-corrected chi connectivity index (χ2v) is 4.07. The summed E-state index contributed by atoms with van der Waals surface area (Å²) in [6.45, 7) is 2.01. The quantitative estimate of drug-likeness (QED) is 0.491. The van der Waals surface area contributed by atoms with Gasteiger partial charge in [0, 0.05) is 6.04 Å². The first-order valence-electron chi connectivity index (χ1n) is 5.42. The lowest BCUT2D eigenvalue weighted by Crippen LogP contribution is -2.41. The largest absolute Gasteiger partial charge is 0.395 e. The zero-order valence-electron chi connectivity index (χ0n) is 8.69. The molecule has 1 aliphatic rings. The molecule has 1 saturated heterocycles. The summed E-state index contributed by atoms with van der Waals surface area (Å²) in [6.07, 6.45) is 2.44. The zero-order chi connectivity index (χ0) is 10.6. The Bertz CT molecular complexity index is 165. The van der Waals surface area contributed by atoms with E-state index < -0.39 is 12.2 Å². The SMILES string of the molecule is CCCCC(O)C1CC(O)C(CO)N1. The molecule has 4 heteroatoms. The molecular formula is C10H21NO3. The summed E-state index contributed by atoms with van der Waals surface area (Å²) in [5.74, 6) is 0. The summed E-state index contributed by atoms with van der Waals surface area (Å²) in [4.78, 5) is 0. The van der Waals surface area contributed by atoms with Gasteiger partial charge in [-0.2, -0.15) is 0 Å². The number of hydrogen-bond donors (Lipinski definition) is 4. The Morgan fingerprint density at radius 2 is 2.21 bits per heavy atom. The molecule has 4 N–H and O–H groups in total. The van der Waals surface area contributed by atoms with Crippen LogP contribution in [0.3, 0.4) is 0 Å². The lowest BCUT2D eigenvalue weighted by Gasteiger charge is -2.18. The summed E-state index contributed by atoms with van der Waals surface area (Å²) in [5.41, 5.74) is 0. The molecule has 0 aliphatic carbocycles. The number of nitrogens with one attached hydrogen (secondary N) is 1. The van der Waals surface area contributed by atoms with Crippen molar-refractivity contribution >= 4 is 0 Å². The third-order valence-corrected chi connectivity index (χ3v) is 2.90. The van der Waals surface area contributed by atoms with Crippen LogP contribution in [0.2, 0.25) is 0 Å². The van der Waals surface area contributed by atoms with Crippen molar-refractivity contribution < 1.29 is 15.3 Å². The van der Waals surface area contributed by atoms with E-state index in [2.05, 4.69) is 12.2 Å². The molecule has 1 heterocycles. The van der Waals surface area contributed by atoms with Crippen molar-refractivity contribution in [2.24, 2.45) is 0 Å². The highest BCUT2D eigenvalue weighted by atomic mass is 16.3. The Hall–Kier alpha value is -0.160. The molecule has 4 nitrogen and oxygen atoms in total. The van der Waals surface area contributed by atoms with Gasteiger partial charge in [-0.25, -0.2) is 0 Å². The second-order valence-electron chi connectivity index (χ2n) is 4.07. The average molecular weight is 203 g/mol. The van der Waals surface area contributed by atoms with Crippen molar-refractivity contribution in [2.45, 2.75) is 56.9 Å². The van der Waals surface area contributed by atoms with Crippen LogP contribution in [-0.4, -0.2) is 46.2 Å². The molecule has 4 unspecified atom stereocenters. The number of aliphatic hydroxyl groups excluding tert-OH is 3. The minimum atomic E-state index is -0.527. The van der Waals surface area contributed by atoms with Crippen LogP contribution in [0.5, 0.6) is 0 Å². The van der Waals surface area contributed by atoms with Gasteiger partial charge in [0.1, 0.15) is 0 Å². The van der Waals surface area contributed by atoms with E-state index in [1.807, 2.05) is 0 Å². The normalized spacial score (nSPS) is 34.7. The summed E-state index contributed by atoms with van der Waals surface area (Å²) in [7, 11) is 0. The van der Waals surface area contributed by atoms with E-state index in [1.54, 1.807) is 0 Å². The van der Waals surface area contributed by atoms with Crippen molar-refractivity contribution in [3.63, 3.8) is 0 Å². The second kappa shape index (κ2) is 5.66. The van der Waals surface area contributed by atoms with E-state index in [0.29, 0.717) is 6.42 Å². The topological polar surface area (TPSA) is 72.7 Å². The standard InChI is InChI=1S/C10H21NO3/c1-2-3-4-9(13)7-5-10(14)8(6-12)11-7/h7-14H,2-6H2,1H3. The lowest BCUT2D eigenvalue weighted by molar-refractivity contribution is 0.112. The average Bonchev–Trinajstić information content (AvgIpc) is 2.56. The van der Waals surface area contributed by atoms with Gasteiger partial charge in [0.2, 0.25) is 0 Å². The van der Waals surface area contributed by atoms with Gasteiger partial charge in [-0.05, 0) is 12.8 Å². The lowest BCUT2D eigenvalue weighted by atomic mass is 10.0. The van der Waals surface area contributed by atoms with Crippen LogP contribution in [0.1, 0.15) is 32.6 Å². The van der Waals surface area contributed by atoms with E-state index in [0.717, 1.165) is 19.3 Å². The van der Waals surface area contributed by atoms with E-state index in [4.69, 9.17) is 5.11 Å². The molecule has 0 aromatic carbocycles. The van der Waals surface area contributed by atoms with Crippen molar-refractivity contribution in [1.82, 2.24) is 5.32 Å². The molecule has 0 aromatic heterocycles. The minimum absolute atomic E-state index is 0.0614. The molecule has 0 spiro atoms. The van der Waals surface area contributed by atoms with Crippen LogP contribution in [0.25, 0.3) is 0 Å². The number of rotatable bonds is 5. The fraction of sp³-hybridized carbons (Fsp3) is 1.00. The van der Waals surface area contributed by atoms with E-state index in [9.17, 15) is 10.2 Å². The van der Waals surface area contributed by atoms with Gasteiger partial charge in [-0.1, -0.05) is 19.8 Å². The van der Waals surface area contributed by atoms with E-state index >= 15 is 0 Å². The Morgan fingerprint density at radius 3 is 2.71 bits per heavy atom. The molecule has 0 bridgehead atoms. The first-order valence-corrected chi connectivity index (χ1v) is 5.42. The number of hydrogen-bond acceptors (Lipinski definition) is 4. The third kappa shape index (κ3) is 2.92. The van der Waals surface area contributed by atoms with Crippen LogP contribution in [0.4, 0.5) is 0 Å². The van der Waals surface area contributed by atoms with Crippen LogP contribution in [-0.2, 0) is 0 Å². The Morgan fingerprint density at radius 1 is 1.50 bits per heavy atom. The van der Waals surface area contributed by atoms with Gasteiger partial charge in [-0.15, -0.1) is 0 Å². The Labute approximate surface area is 85.0 Å². The molecule has 0 aromatic rings. The highest BCUT2D eigenvalue weighted by Crippen LogP contribution is 2.18. The minimum Gasteiger partial charge on any atom is -0.395 e. The molecular weight excluding hydrogens is 182 g/mol. The van der Waals surface area contributed by atoms with E-state index in [-0.39, 0.29) is 18.7 Å². The molecule has 1 fully saturated rings. The first-order chi connectivity index (χ1) is 6.69. The summed E-state index contributed by atoms with van der Waals surface area (Å²) in [5, 5.41) is 31.2. The smallest absolute Gasteiger partial charge is 0.0731 e. The van der Waals surface area contributed by atoms with Gasteiger partial charge in [-0.3, -0.25) is 0 Å². The highest BCUT2D eigenvalue weighted by molar-refractivity contribution is 4.93. The van der Waals surface area contributed by atoms with Crippen molar-refractivity contribution in [3.05, 3.63) is 0 Å². The van der Waals surface area contributed by atoms with Crippen molar-refractivity contribution in [2.75, 3.05) is 6.61 Å². The fourth-order valence-corrected chi connectivity index (χ4v) is 1.94. The molecule has 0 amide bonds. The molecule has 1 aliphatic heterocycles. The van der Waals surface area contributed by atoms with Gasteiger partial charge in [0.15, 0.2) is 0 Å². The first kappa shape index (κ1) is 11.9. The van der Waals surface area contributed by atoms with Gasteiger partial charge < -0.3 is 20.6 Å². The summed E-state index contributed by atoms with van der Waals surface area (Å²) < 4.78 is 0. The predicted octanol–water partition coefficient (Wildman–Crippen LogP) is -0.379. The molecule has 1 rings (SSSR count). The summed E-state index contributed by atoms with van der Waals surface area (Å²) in [6, 6.07) is -0.329. The molecule has 84 valence electrons. The number of aliphatic hydroxyl groups is 3. The maximum Gasteiger partial charge on any atom is 0.0731 e. The number of unbranched alkanes of at least 4 members (excludes halogenated alkanes) is 1. The maximum absolute atomic E-state index is 9.76. The van der Waals surface area contributed by atoms with Crippen molar-refractivity contribution in [1.29, 1.82) is 0 Å². The zero-order valence-corrected chi connectivity index (χ0v) is 8.69. The Kier molecular flexibility index (Phi) is 4.81. The predicted molar refractivity (Wildman–Crippen MR) is 54.0 cm³/mol. The van der Waals surface area contributed by atoms with Gasteiger partial charge >= 0.3 is 0 Å². The monoisotopic (exact) mass is 203 g/mol. The molecule has 4 atom stereocenters. The van der Waals surface area contributed by atoms with Crippen LogP contribution in [0.15, 0.2) is 0 Å². The molecule has 0 saturated carbocycles. The van der Waals surface area contributed by atoms with Gasteiger partial charge in [0.05, 0.1) is 24.9 Å². The fourth-order valence-electron chi connectivity index (χ4n) is 1.94. The van der Waals surface area contributed by atoms with E-state index in [1.165, 1.54) is 0 Å². The van der Waals surface area contributed by atoms with Crippen LogP contribution < -0.4 is 5.32 Å². The Balaban J connectivity index is 2.32. The van der Waals surface area contributed by atoms with Crippen LogP contribution in [0, 0.1) is 0 Å². The molecule has 14 heavy (non-hydrogen) atoms. The highest BCUT2D eigenvalue weighted by Gasteiger charge is 2.34. The molecule has 0 radical (unpaired) electrons. The summed E-state index contributed by atoms with van der Waals surface area (Å²) >= 11 is 0. The van der Waals surface area contributed by atoms with Crippen LogP contribution >= 0.6 is 0 Å². The maximum atomic E-state index is 9.76. The van der Waals surface area contributed by atoms with Gasteiger partial charge in [0.25, 0.3) is 0 Å². The van der Waals surface area contributed by atoms with Crippen molar-refractivity contribution in [3.8, 4) is 0 Å².